The van der Waals surface area contributed by atoms with Crippen molar-refractivity contribution in [3.05, 3.63) is 17.8 Å². The third-order valence-corrected chi connectivity index (χ3v) is 1.43. The summed E-state index contributed by atoms with van der Waals surface area (Å²) in [4.78, 5) is 4.02. The fraction of sp³-hybridized carbons (Fsp3) is 0.167. The van der Waals surface area contributed by atoms with Crippen LogP contribution in [-0.4, -0.2) is 20.4 Å². The highest BCUT2D eigenvalue weighted by atomic mass is 15.3. The number of pyridine rings is 1. The monoisotopic (exact) mass is 134 g/mol. The predicted octanol–water partition coefficient (Wildman–Crippen LogP) is 0.661. The molecule has 0 fully saturated rings. The Labute approximate surface area is 57.3 Å². The molecular formula is C6H6N4. The van der Waals surface area contributed by atoms with Crippen molar-refractivity contribution in [1.29, 1.82) is 0 Å². The molecule has 0 amide bonds. The van der Waals surface area contributed by atoms with Gasteiger partial charge in [-0.2, -0.15) is 0 Å². The van der Waals surface area contributed by atoms with Crippen LogP contribution in [0.15, 0.2) is 12.3 Å². The summed E-state index contributed by atoms with van der Waals surface area (Å²) in [5.74, 6) is 0. The maximum absolute atomic E-state index is 4.02. The summed E-state index contributed by atoms with van der Waals surface area (Å²) in [6, 6.07) is 1.91. The van der Waals surface area contributed by atoms with Gasteiger partial charge in [-0.25, -0.2) is 10.1 Å². The molecule has 4 heteroatoms. The van der Waals surface area contributed by atoms with Crippen molar-refractivity contribution in [3.63, 3.8) is 0 Å². The van der Waals surface area contributed by atoms with Gasteiger partial charge >= 0.3 is 0 Å². The fourth-order valence-electron chi connectivity index (χ4n) is 0.881. The number of aryl methyl sites for hydroxylation is 1. The van der Waals surface area contributed by atoms with E-state index < -0.39 is 0 Å². The molecule has 2 rings (SSSR count). The first-order valence-corrected chi connectivity index (χ1v) is 3.00. The van der Waals surface area contributed by atoms with Gasteiger partial charge in [0.1, 0.15) is 5.52 Å². The first kappa shape index (κ1) is 5.34. The number of rotatable bonds is 0. The van der Waals surface area contributed by atoms with Crippen LogP contribution in [0.1, 0.15) is 5.56 Å². The summed E-state index contributed by atoms with van der Waals surface area (Å²) in [5, 5.41) is 10.2. The standard InChI is InChI=1S/C6H6N4/c1-4-2-3-7-6-5(4)8-10-9-6/h2-3H,1H3,(H,7,8,9,10). The van der Waals surface area contributed by atoms with Crippen molar-refractivity contribution in [1.82, 2.24) is 20.4 Å². The zero-order valence-electron chi connectivity index (χ0n) is 5.50. The highest BCUT2D eigenvalue weighted by Gasteiger charge is 1.98. The zero-order chi connectivity index (χ0) is 6.97. The molecule has 2 aromatic rings. The molecule has 0 aliphatic heterocycles. The second-order valence-corrected chi connectivity index (χ2v) is 2.14. The van der Waals surface area contributed by atoms with E-state index in [0.29, 0.717) is 0 Å². The number of hydrogen-bond acceptors (Lipinski definition) is 3. The second-order valence-electron chi connectivity index (χ2n) is 2.14. The van der Waals surface area contributed by atoms with Crippen LogP contribution in [0.2, 0.25) is 0 Å². The van der Waals surface area contributed by atoms with Gasteiger partial charge in [0, 0.05) is 6.20 Å². The summed E-state index contributed by atoms with van der Waals surface area (Å²) >= 11 is 0. The maximum Gasteiger partial charge on any atom is 0.176 e. The van der Waals surface area contributed by atoms with Crippen LogP contribution < -0.4 is 0 Å². The molecule has 50 valence electrons. The molecular weight excluding hydrogens is 128 g/mol. The second kappa shape index (κ2) is 1.76. The van der Waals surface area contributed by atoms with Crippen molar-refractivity contribution in [2.24, 2.45) is 0 Å². The third-order valence-electron chi connectivity index (χ3n) is 1.43. The minimum absolute atomic E-state index is 0.750. The smallest absolute Gasteiger partial charge is 0.176 e. The third kappa shape index (κ3) is 0.586. The van der Waals surface area contributed by atoms with Crippen LogP contribution >= 0.6 is 0 Å². The summed E-state index contributed by atoms with van der Waals surface area (Å²) in [7, 11) is 0. The topological polar surface area (TPSA) is 54.5 Å². The number of aromatic nitrogens is 4. The number of H-pyrrole nitrogens is 1. The number of fused-ring (bicyclic) bond motifs is 1. The van der Waals surface area contributed by atoms with Gasteiger partial charge in [-0.1, -0.05) is 5.21 Å². The Morgan fingerprint density at radius 2 is 2.40 bits per heavy atom. The SMILES string of the molecule is Cc1ccnc2[nH]nnc12. The lowest BCUT2D eigenvalue weighted by Crippen LogP contribution is -1.78. The van der Waals surface area contributed by atoms with Crippen molar-refractivity contribution in [2.45, 2.75) is 6.92 Å². The lowest BCUT2D eigenvalue weighted by Gasteiger charge is -1.87. The fourth-order valence-corrected chi connectivity index (χ4v) is 0.881. The lowest BCUT2D eigenvalue weighted by atomic mass is 10.3. The number of aromatic amines is 1. The normalized spacial score (nSPS) is 10.5. The molecule has 0 unspecified atom stereocenters. The van der Waals surface area contributed by atoms with Gasteiger partial charge in [-0.3, -0.25) is 0 Å². The van der Waals surface area contributed by atoms with Gasteiger partial charge in [-0.15, -0.1) is 5.10 Å². The highest BCUT2D eigenvalue weighted by molar-refractivity contribution is 5.72. The molecule has 2 aromatic heterocycles. The van der Waals surface area contributed by atoms with E-state index in [1.54, 1.807) is 6.20 Å². The van der Waals surface area contributed by atoms with Crippen LogP contribution in [0.3, 0.4) is 0 Å². The minimum Gasteiger partial charge on any atom is -0.240 e. The minimum atomic E-state index is 0.750. The van der Waals surface area contributed by atoms with Crippen LogP contribution in [0, 0.1) is 6.92 Å². The van der Waals surface area contributed by atoms with Crippen molar-refractivity contribution < 1.29 is 0 Å². The molecule has 0 saturated heterocycles. The van der Waals surface area contributed by atoms with E-state index in [4.69, 9.17) is 0 Å². The molecule has 0 radical (unpaired) electrons. The van der Waals surface area contributed by atoms with Gasteiger partial charge in [0.05, 0.1) is 0 Å². The summed E-state index contributed by atoms with van der Waals surface area (Å²) in [6.45, 7) is 1.98. The van der Waals surface area contributed by atoms with Crippen LogP contribution in [0.4, 0.5) is 0 Å². The van der Waals surface area contributed by atoms with Gasteiger partial charge in [0.15, 0.2) is 5.65 Å². The molecule has 0 spiro atoms. The largest absolute Gasteiger partial charge is 0.240 e. The predicted molar refractivity (Wildman–Crippen MR) is 36.4 cm³/mol. The quantitative estimate of drug-likeness (QED) is 0.575. The first-order chi connectivity index (χ1) is 4.88. The Bertz CT molecular complexity index is 351. The average Bonchev–Trinajstić information content (AvgIpc) is 2.36. The first-order valence-electron chi connectivity index (χ1n) is 3.00. The number of nitrogens with zero attached hydrogens (tertiary/aromatic N) is 3. The molecule has 0 aliphatic rings. The van der Waals surface area contributed by atoms with Crippen LogP contribution in [0.25, 0.3) is 11.2 Å². The van der Waals surface area contributed by atoms with Crippen molar-refractivity contribution in [2.75, 3.05) is 0 Å². The molecule has 1 N–H and O–H groups in total. The van der Waals surface area contributed by atoms with E-state index in [-0.39, 0.29) is 0 Å². The molecule has 2 heterocycles. The number of hydrogen-bond donors (Lipinski definition) is 1. The van der Waals surface area contributed by atoms with Gasteiger partial charge in [0.2, 0.25) is 0 Å². The van der Waals surface area contributed by atoms with Crippen molar-refractivity contribution >= 4 is 11.2 Å². The Hall–Kier alpha value is -1.45. The highest BCUT2D eigenvalue weighted by Crippen LogP contribution is 2.07. The van der Waals surface area contributed by atoms with Crippen LogP contribution in [-0.2, 0) is 0 Å². The summed E-state index contributed by atoms with van der Waals surface area (Å²) in [6.07, 6.45) is 1.73. The molecule has 4 nitrogen and oxygen atoms in total. The van der Waals surface area contributed by atoms with Crippen molar-refractivity contribution in [3.8, 4) is 0 Å². The molecule has 10 heavy (non-hydrogen) atoms. The molecule has 0 saturated carbocycles. The van der Waals surface area contributed by atoms with E-state index in [9.17, 15) is 0 Å². The number of nitrogens with one attached hydrogen (secondary N) is 1. The van der Waals surface area contributed by atoms with E-state index in [1.807, 2.05) is 13.0 Å². The molecule has 0 bridgehead atoms. The molecule has 0 atom stereocenters. The van der Waals surface area contributed by atoms with Crippen LogP contribution in [0.5, 0.6) is 0 Å². The molecule has 0 aromatic carbocycles. The van der Waals surface area contributed by atoms with E-state index in [0.717, 1.165) is 16.7 Å². The summed E-state index contributed by atoms with van der Waals surface area (Å²) in [5.41, 5.74) is 2.70. The Balaban J connectivity index is 2.95. The van der Waals surface area contributed by atoms with E-state index >= 15 is 0 Å². The Morgan fingerprint density at radius 3 is 3.20 bits per heavy atom. The van der Waals surface area contributed by atoms with Gasteiger partial charge in [0.25, 0.3) is 0 Å². The summed E-state index contributed by atoms with van der Waals surface area (Å²) < 4.78 is 0. The molecule has 0 aliphatic carbocycles. The van der Waals surface area contributed by atoms with E-state index in [1.165, 1.54) is 0 Å². The van der Waals surface area contributed by atoms with Gasteiger partial charge < -0.3 is 0 Å². The lowest BCUT2D eigenvalue weighted by molar-refractivity contribution is 0.954. The zero-order valence-corrected chi connectivity index (χ0v) is 5.50. The van der Waals surface area contributed by atoms with E-state index in [2.05, 4.69) is 20.4 Å². The maximum atomic E-state index is 4.02. The average molecular weight is 134 g/mol. The van der Waals surface area contributed by atoms with Gasteiger partial charge in [-0.05, 0) is 18.6 Å². The Morgan fingerprint density at radius 1 is 1.50 bits per heavy atom. The Kier molecular flexibility index (Phi) is 0.943.